The molecule has 1 heterocycles. The van der Waals surface area contributed by atoms with E-state index in [1.54, 1.807) is 6.92 Å². The maximum atomic E-state index is 12.9. The first-order chi connectivity index (χ1) is 12.8. The molecule has 1 N–H and O–H groups in total. The van der Waals surface area contributed by atoms with Crippen LogP contribution in [0, 0.1) is 11.8 Å². The summed E-state index contributed by atoms with van der Waals surface area (Å²) in [7, 11) is 0. The topological polar surface area (TPSA) is 83.9 Å². The van der Waals surface area contributed by atoms with Gasteiger partial charge in [-0.05, 0) is 25.2 Å². The van der Waals surface area contributed by atoms with E-state index in [1.807, 2.05) is 6.92 Å². The largest absolute Gasteiger partial charge is 0.480 e. The zero-order valence-corrected chi connectivity index (χ0v) is 17.4. The van der Waals surface area contributed by atoms with Crippen LogP contribution in [-0.2, 0) is 19.1 Å². The second kappa shape index (κ2) is 12.0. The highest BCUT2D eigenvalue weighted by molar-refractivity contribution is 5.86. The van der Waals surface area contributed by atoms with Gasteiger partial charge in [0.15, 0.2) is 0 Å². The van der Waals surface area contributed by atoms with Gasteiger partial charge in [-0.1, -0.05) is 59.3 Å². The first-order valence-electron chi connectivity index (χ1n) is 10.5. The number of unbranched alkanes of at least 4 members (excludes halogenated alkanes) is 5. The lowest BCUT2D eigenvalue weighted by Gasteiger charge is -2.32. The molecule has 1 aliphatic rings. The van der Waals surface area contributed by atoms with E-state index >= 15 is 0 Å². The number of likely N-dealkylation sites (tertiary alicyclic amines) is 1. The Hall–Kier alpha value is -1.59. The first-order valence-corrected chi connectivity index (χ1v) is 10.5. The number of hydrogen-bond donors (Lipinski definition) is 1. The fourth-order valence-corrected chi connectivity index (χ4v) is 4.00. The number of hydrogen-bond acceptors (Lipinski definition) is 4. The molecular formula is C21H37NO5. The predicted octanol–water partition coefficient (Wildman–Crippen LogP) is 4.02. The van der Waals surface area contributed by atoms with Crippen molar-refractivity contribution in [3.63, 3.8) is 0 Å². The zero-order chi connectivity index (χ0) is 20.4. The van der Waals surface area contributed by atoms with E-state index in [2.05, 4.69) is 6.92 Å². The van der Waals surface area contributed by atoms with Crippen molar-refractivity contribution >= 4 is 17.8 Å². The molecule has 0 radical (unpaired) electrons. The number of carbonyl (C=O) groups excluding carboxylic acids is 2. The minimum atomic E-state index is -0.961. The van der Waals surface area contributed by atoms with Crippen LogP contribution in [0.3, 0.4) is 0 Å². The van der Waals surface area contributed by atoms with Crippen LogP contribution in [0.15, 0.2) is 0 Å². The lowest BCUT2D eigenvalue weighted by molar-refractivity contribution is -0.160. The number of carboxylic acid groups (broad SMARTS) is 1. The molecule has 0 aromatic rings. The standard InChI is InChI=1S/C21H37NO5/c1-5-6-7-8-9-10-12-15(2)19(27-17(4)23)16(3)20(24)22-14-11-13-18(22)21(25)26/h15-16,18-19H,5-14H2,1-4H3,(H,25,26)/t15-,16+,18-,19-/m0/s1. The molecule has 1 amide bonds. The third-order valence-corrected chi connectivity index (χ3v) is 5.58. The van der Waals surface area contributed by atoms with Crippen LogP contribution in [0.4, 0.5) is 0 Å². The molecule has 0 saturated carbocycles. The van der Waals surface area contributed by atoms with Crippen LogP contribution < -0.4 is 0 Å². The molecule has 1 aliphatic heterocycles. The van der Waals surface area contributed by atoms with E-state index < -0.39 is 30.0 Å². The molecule has 1 fully saturated rings. The van der Waals surface area contributed by atoms with E-state index in [1.165, 1.54) is 37.5 Å². The van der Waals surface area contributed by atoms with Crippen LogP contribution in [0.2, 0.25) is 0 Å². The second-order valence-electron chi connectivity index (χ2n) is 7.92. The number of nitrogens with zero attached hydrogens (tertiary/aromatic N) is 1. The van der Waals surface area contributed by atoms with Crippen molar-refractivity contribution in [1.29, 1.82) is 0 Å². The van der Waals surface area contributed by atoms with Gasteiger partial charge in [0.05, 0.1) is 5.92 Å². The average molecular weight is 384 g/mol. The Kier molecular flexibility index (Phi) is 10.4. The average Bonchev–Trinajstić information content (AvgIpc) is 3.11. The van der Waals surface area contributed by atoms with Gasteiger partial charge in [-0.2, -0.15) is 0 Å². The Morgan fingerprint density at radius 2 is 1.74 bits per heavy atom. The Morgan fingerprint density at radius 1 is 1.11 bits per heavy atom. The van der Waals surface area contributed by atoms with Crippen molar-refractivity contribution in [2.45, 2.75) is 97.6 Å². The first kappa shape index (κ1) is 23.4. The van der Waals surface area contributed by atoms with Crippen LogP contribution in [0.1, 0.15) is 85.5 Å². The monoisotopic (exact) mass is 383 g/mol. The maximum absolute atomic E-state index is 12.9. The quantitative estimate of drug-likeness (QED) is 0.406. The number of aliphatic carboxylic acids is 1. The molecule has 0 aromatic heterocycles. The van der Waals surface area contributed by atoms with Gasteiger partial charge in [-0.3, -0.25) is 9.59 Å². The van der Waals surface area contributed by atoms with Gasteiger partial charge >= 0.3 is 11.9 Å². The SMILES string of the molecule is CCCCCCCC[C@H](C)[C@H](OC(C)=O)[C@@H](C)C(=O)N1CCC[C@H]1C(=O)O. The van der Waals surface area contributed by atoms with Gasteiger partial charge in [0.2, 0.25) is 5.91 Å². The summed E-state index contributed by atoms with van der Waals surface area (Å²) in [5, 5.41) is 9.33. The van der Waals surface area contributed by atoms with Crippen molar-refractivity contribution in [1.82, 2.24) is 4.90 Å². The number of esters is 1. The minimum Gasteiger partial charge on any atom is -0.480 e. The lowest BCUT2D eigenvalue weighted by Crippen LogP contribution is -2.47. The zero-order valence-electron chi connectivity index (χ0n) is 17.4. The highest BCUT2D eigenvalue weighted by Crippen LogP contribution is 2.27. The van der Waals surface area contributed by atoms with E-state index in [0.29, 0.717) is 19.4 Å². The Balaban J connectivity index is 2.66. The van der Waals surface area contributed by atoms with Crippen LogP contribution in [0.25, 0.3) is 0 Å². The van der Waals surface area contributed by atoms with E-state index in [-0.39, 0.29) is 11.8 Å². The van der Waals surface area contributed by atoms with E-state index in [9.17, 15) is 19.5 Å². The van der Waals surface area contributed by atoms with E-state index in [0.717, 1.165) is 19.3 Å². The molecule has 6 nitrogen and oxygen atoms in total. The summed E-state index contributed by atoms with van der Waals surface area (Å²) in [6.07, 6.45) is 8.69. The van der Waals surface area contributed by atoms with Crippen molar-refractivity contribution in [2.75, 3.05) is 6.54 Å². The molecule has 0 spiro atoms. The number of amides is 1. The summed E-state index contributed by atoms with van der Waals surface area (Å²) in [4.78, 5) is 37.3. The highest BCUT2D eigenvalue weighted by atomic mass is 16.5. The fourth-order valence-electron chi connectivity index (χ4n) is 4.00. The van der Waals surface area contributed by atoms with Gasteiger partial charge in [0, 0.05) is 13.5 Å². The molecule has 27 heavy (non-hydrogen) atoms. The summed E-state index contributed by atoms with van der Waals surface area (Å²) < 4.78 is 5.51. The predicted molar refractivity (Wildman–Crippen MR) is 104 cm³/mol. The second-order valence-corrected chi connectivity index (χ2v) is 7.92. The summed E-state index contributed by atoms with van der Waals surface area (Å²) in [5.41, 5.74) is 0. The smallest absolute Gasteiger partial charge is 0.326 e. The summed E-state index contributed by atoms with van der Waals surface area (Å²) in [6.45, 7) is 7.78. The van der Waals surface area contributed by atoms with Crippen molar-refractivity contribution in [3.05, 3.63) is 0 Å². The summed E-state index contributed by atoms with van der Waals surface area (Å²) >= 11 is 0. The van der Waals surface area contributed by atoms with Crippen molar-refractivity contribution < 1.29 is 24.2 Å². The summed E-state index contributed by atoms with van der Waals surface area (Å²) in [6, 6.07) is -0.758. The molecule has 6 heteroatoms. The molecule has 0 bridgehead atoms. The van der Waals surface area contributed by atoms with Gasteiger partial charge in [0.25, 0.3) is 0 Å². The van der Waals surface area contributed by atoms with Gasteiger partial charge in [0.1, 0.15) is 12.1 Å². The molecule has 4 atom stereocenters. The number of carbonyl (C=O) groups is 3. The van der Waals surface area contributed by atoms with E-state index in [4.69, 9.17) is 4.74 Å². The normalized spacial score (nSPS) is 20.1. The number of rotatable bonds is 12. The molecule has 0 aromatic carbocycles. The molecule has 0 aliphatic carbocycles. The molecule has 0 unspecified atom stereocenters. The highest BCUT2D eigenvalue weighted by Gasteiger charge is 2.40. The van der Waals surface area contributed by atoms with Crippen molar-refractivity contribution in [2.24, 2.45) is 11.8 Å². The summed E-state index contributed by atoms with van der Waals surface area (Å²) in [5.74, 6) is -2.06. The van der Waals surface area contributed by atoms with Crippen LogP contribution >= 0.6 is 0 Å². The van der Waals surface area contributed by atoms with Crippen LogP contribution in [-0.4, -0.2) is 46.5 Å². The number of carboxylic acids is 1. The van der Waals surface area contributed by atoms with Gasteiger partial charge < -0.3 is 14.7 Å². The Morgan fingerprint density at radius 3 is 2.33 bits per heavy atom. The third-order valence-electron chi connectivity index (χ3n) is 5.58. The Labute approximate surface area is 163 Å². The van der Waals surface area contributed by atoms with Crippen LogP contribution in [0.5, 0.6) is 0 Å². The molecule has 1 saturated heterocycles. The third kappa shape index (κ3) is 7.51. The fraction of sp³-hybridized carbons (Fsp3) is 0.857. The number of ether oxygens (including phenoxy) is 1. The lowest BCUT2D eigenvalue weighted by atomic mass is 9.88. The minimum absolute atomic E-state index is 0.0601. The molecular weight excluding hydrogens is 346 g/mol. The molecule has 1 rings (SSSR count). The maximum Gasteiger partial charge on any atom is 0.326 e. The Bertz CT molecular complexity index is 493. The van der Waals surface area contributed by atoms with Gasteiger partial charge in [-0.15, -0.1) is 0 Å². The molecule has 156 valence electrons. The van der Waals surface area contributed by atoms with Crippen molar-refractivity contribution in [3.8, 4) is 0 Å². The van der Waals surface area contributed by atoms with Gasteiger partial charge in [-0.25, -0.2) is 4.79 Å².